The molecule has 174 valence electrons. The fraction of sp³-hybridized carbons (Fsp3) is 0.680. The third-order valence-corrected chi connectivity index (χ3v) is 8.67. The Balaban J connectivity index is 1.42. The van der Waals surface area contributed by atoms with E-state index in [0.717, 1.165) is 48.4 Å². The van der Waals surface area contributed by atoms with Gasteiger partial charge in [-0.15, -0.1) is 11.3 Å². The fourth-order valence-electron chi connectivity index (χ4n) is 5.81. The third-order valence-electron chi connectivity index (χ3n) is 7.82. The molecule has 1 N–H and O–H groups in total. The lowest BCUT2D eigenvalue weighted by Crippen LogP contribution is -2.65. The number of carbonyl (C=O) groups is 2. The topological polar surface area (TPSA) is 57.6 Å². The van der Waals surface area contributed by atoms with Crippen LogP contribution in [0.4, 0.5) is 0 Å². The quantitative estimate of drug-likeness (QED) is 0.732. The number of amides is 2. The number of nitrogens with zero attached hydrogens (tertiary/aromatic N) is 3. The summed E-state index contributed by atoms with van der Waals surface area (Å²) in [5.74, 6) is 0.00659. The molecule has 7 heteroatoms. The number of likely N-dealkylation sites (tertiary alicyclic amines) is 1. The molecule has 0 radical (unpaired) electrons. The van der Waals surface area contributed by atoms with Gasteiger partial charge in [-0.25, -0.2) is 0 Å². The first kappa shape index (κ1) is 22.0. The molecular weight excluding hydrogens is 420 g/mol. The average molecular weight is 457 g/mol. The Kier molecular flexibility index (Phi) is 6.30. The van der Waals surface area contributed by atoms with Crippen molar-refractivity contribution in [1.82, 2.24) is 19.7 Å². The maximum Gasteiger partial charge on any atom is 0.271 e. The van der Waals surface area contributed by atoms with Crippen molar-refractivity contribution in [3.05, 3.63) is 23.2 Å². The first-order valence-corrected chi connectivity index (χ1v) is 13.4. The van der Waals surface area contributed by atoms with Crippen LogP contribution in [0.1, 0.15) is 75.2 Å². The summed E-state index contributed by atoms with van der Waals surface area (Å²) >= 11 is 1.66. The summed E-state index contributed by atoms with van der Waals surface area (Å²) in [6.45, 7) is 6.14. The summed E-state index contributed by atoms with van der Waals surface area (Å²) in [7, 11) is 0. The zero-order valence-corrected chi connectivity index (χ0v) is 20.1. The van der Waals surface area contributed by atoms with Crippen molar-refractivity contribution in [2.75, 3.05) is 26.2 Å². The van der Waals surface area contributed by atoms with Gasteiger partial charge in [0, 0.05) is 19.1 Å². The number of hydrogen-bond acceptors (Lipinski definition) is 4. The molecule has 4 heterocycles. The molecule has 0 unspecified atom stereocenters. The van der Waals surface area contributed by atoms with Gasteiger partial charge in [0.15, 0.2) is 0 Å². The average Bonchev–Trinajstić information content (AvgIpc) is 3.28. The predicted octanol–water partition coefficient (Wildman–Crippen LogP) is 4.24. The Bertz CT molecular complexity index is 968. The Hall–Kier alpha value is -1.86. The van der Waals surface area contributed by atoms with Crippen molar-refractivity contribution >= 4 is 33.4 Å². The van der Waals surface area contributed by atoms with Crippen molar-refractivity contribution in [1.29, 1.82) is 0 Å². The van der Waals surface area contributed by atoms with Gasteiger partial charge in [0.1, 0.15) is 11.2 Å². The molecule has 3 aliphatic rings. The number of rotatable bonds is 5. The van der Waals surface area contributed by atoms with Crippen LogP contribution < -0.4 is 5.32 Å². The minimum absolute atomic E-state index is 0.00392. The Morgan fingerprint density at radius 2 is 1.81 bits per heavy atom. The van der Waals surface area contributed by atoms with Crippen LogP contribution in [0.3, 0.4) is 0 Å². The summed E-state index contributed by atoms with van der Waals surface area (Å²) in [5, 5.41) is 5.40. The molecule has 2 amide bonds. The van der Waals surface area contributed by atoms with Crippen LogP contribution in [0.15, 0.2) is 17.5 Å². The van der Waals surface area contributed by atoms with Crippen molar-refractivity contribution in [2.24, 2.45) is 0 Å². The van der Waals surface area contributed by atoms with Gasteiger partial charge in [0.25, 0.3) is 5.91 Å². The summed E-state index contributed by atoms with van der Waals surface area (Å²) in [5.41, 5.74) is 0.925. The van der Waals surface area contributed by atoms with Gasteiger partial charge >= 0.3 is 0 Å². The molecule has 6 nitrogen and oxygen atoms in total. The van der Waals surface area contributed by atoms with E-state index in [1.807, 2.05) is 17.9 Å². The molecule has 1 aliphatic carbocycles. The van der Waals surface area contributed by atoms with Gasteiger partial charge in [-0.3, -0.25) is 9.59 Å². The zero-order valence-electron chi connectivity index (χ0n) is 19.3. The highest BCUT2D eigenvalue weighted by Crippen LogP contribution is 2.34. The van der Waals surface area contributed by atoms with E-state index in [2.05, 4.69) is 26.2 Å². The van der Waals surface area contributed by atoms with Gasteiger partial charge in [-0.05, 0) is 63.2 Å². The van der Waals surface area contributed by atoms with Crippen LogP contribution >= 0.6 is 11.3 Å². The van der Waals surface area contributed by atoms with E-state index in [-0.39, 0.29) is 17.9 Å². The Morgan fingerprint density at radius 1 is 1.09 bits per heavy atom. The van der Waals surface area contributed by atoms with Crippen molar-refractivity contribution in [3.63, 3.8) is 0 Å². The molecule has 2 aliphatic heterocycles. The van der Waals surface area contributed by atoms with Gasteiger partial charge in [0.05, 0.1) is 16.8 Å². The number of carbonyl (C=O) groups excluding carboxylic acids is 2. The van der Waals surface area contributed by atoms with Gasteiger partial charge < -0.3 is 19.7 Å². The first-order chi connectivity index (χ1) is 15.6. The van der Waals surface area contributed by atoms with Crippen LogP contribution in [-0.4, -0.2) is 63.9 Å². The third kappa shape index (κ3) is 4.10. The maximum atomic E-state index is 13.7. The molecule has 1 atom stereocenters. The number of aromatic nitrogens is 1. The molecule has 32 heavy (non-hydrogen) atoms. The molecule has 2 fully saturated rings. The van der Waals surface area contributed by atoms with E-state index in [9.17, 15) is 9.59 Å². The van der Waals surface area contributed by atoms with Gasteiger partial charge in [0.2, 0.25) is 5.91 Å². The van der Waals surface area contributed by atoms with Crippen molar-refractivity contribution in [2.45, 2.75) is 82.8 Å². The van der Waals surface area contributed by atoms with Crippen molar-refractivity contribution in [3.8, 4) is 0 Å². The minimum Gasteiger partial charge on any atom is -0.351 e. The second-order valence-corrected chi connectivity index (χ2v) is 11.0. The van der Waals surface area contributed by atoms with Crippen LogP contribution in [0, 0.1) is 0 Å². The summed E-state index contributed by atoms with van der Waals surface area (Å²) in [6, 6.07) is 4.33. The monoisotopic (exact) mass is 456 g/mol. The van der Waals surface area contributed by atoms with E-state index in [1.165, 1.54) is 44.9 Å². The second kappa shape index (κ2) is 9.18. The van der Waals surface area contributed by atoms with Gasteiger partial charge in [-0.1, -0.05) is 32.1 Å². The minimum atomic E-state index is -0.874. The molecule has 0 spiro atoms. The number of thiophene rings is 1. The zero-order chi connectivity index (χ0) is 22.1. The highest BCUT2D eigenvalue weighted by atomic mass is 32.1. The standard InChI is InChI=1S/C25H36N4O2S/c1-25(24(31)26-19-9-5-4-6-10-19)18-28-20-11-16-32-22(20)17-21(28)23(30)29(25)15-14-27-12-7-2-3-8-13-27/h11,16-17,19H,2-10,12-15,18H2,1H3,(H,26,31)/t25-/m1/s1. The number of fused-ring (bicyclic) bond motifs is 3. The molecule has 1 saturated carbocycles. The maximum absolute atomic E-state index is 13.7. The van der Waals surface area contributed by atoms with E-state index >= 15 is 0 Å². The number of hydrogen-bond donors (Lipinski definition) is 1. The molecule has 0 aromatic carbocycles. The molecule has 2 aromatic rings. The van der Waals surface area contributed by atoms with Gasteiger partial charge in [-0.2, -0.15) is 0 Å². The smallest absolute Gasteiger partial charge is 0.271 e. The summed E-state index contributed by atoms with van der Waals surface area (Å²) < 4.78 is 3.20. The SMILES string of the molecule is C[C@]1(C(=O)NC2CCCCC2)Cn2c(cc3sccc32)C(=O)N1CCN1CCCCCC1. The summed E-state index contributed by atoms with van der Waals surface area (Å²) in [6.07, 6.45) is 10.8. The predicted molar refractivity (Wildman–Crippen MR) is 129 cm³/mol. The van der Waals surface area contributed by atoms with Crippen molar-refractivity contribution < 1.29 is 9.59 Å². The lowest BCUT2D eigenvalue weighted by atomic mass is 9.91. The molecular formula is C25H36N4O2S. The molecule has 2 aromatic heterocycles. The molecule has 5 rings (SSSR count). The van der Waals surface area contributed by atoms with Crippen LogP contribution in [0.5, 0.6) is 0 Å². The van der Waals surface area contributed by atoms with Crippen LogP contribution in [0.2, 0.25) is 0 Å². The Morgan fingerprint density at radius 3 is 2.56 bits per heavy atom. The van der Waals surface area contributed by atoms with Crippen LogP contribution in [-0.2, 0) is 11.3 Å². The summed E-state index contributed by atoms with van der Waals surface area (Å²) in [4.78, 5) is 31.8. The van der Waals surface area contributed by atoms with E-state index in [4.69, 9.17) is 0 Å². The highest BCUT2D eigenvalue weighted by Gasteiger charge is 2.48. The van der Waals surface area contributed by atoms with Crippen LogP contribution in [0.25, 0.3) is 10.2 Å². The highest BCUT2D eigenvalue weighted by molar-refractivity contribution is 7.17. The first-order valence-electron chi connectivity index (χ1n) is 12.5. The van der Waals surface area contributed by atoms with E-state index in [0.29, 0.717) is 13.1 Å². The second-order valence-electron chi connectivity index (χ2n) is 10.1. The molecule has 1 saturated heterocycles. The lowest BCUT2D eigenvalue weighted by molar-refractivity contribution is -0.133. The van der Waals surface area contributed by atoms with E-state index in [1.54, 1.807) is 11.3 Å². The fourth-order valence-corrected chi connectivity index (χ4v) is 6.63. The number of nitrogens with one attached hydrogen (secondary N) is 1. The Labute approximate surface area is 194 Å². The molecule has 0 bridgehead atoms. The lowest BCUT2D eigenvalue weighted by Gasteiger charge is -2.45. The largest absolute Gasteiger partial charge is 0.351 e. The normalized spacial score (nSPS) is 25.7. The van der Waals surface area contributed by atoms with E-state index < -0.39 is 5.54 Å².